The molecule has 0 atom stereocenters. The standard InChI is InChI=1S/C16H19NO.C7H7Cl.C2H7NO/c18-12-11-17(13-15-7-3-1-4-8-15)14-16-9-5-2-6-10-16;8-6-7-4-2-1-3-5-7;3-1-2-4/h1-10,18H,11-14H2;1-5H,6H2;4H,1-3H2. The molecular formula is C25H33ClN2O2. The summed E-state index contributed by atoms with van der Waals surface area (Å²) in [5.41, 5.74) is 8.51. The summed E-state index contributed by atoms with van der Waals surface area (Å²) in [4.78, 5) is 2.25. The summed E-state index contributed by atoms with van der Waals surface area (Å²) in [7, 11) is 0. The number of nitrogens with two attached hydrogens (primary N) is 1. The van der Waals surface area contributed by atoms with Gasteiger partial charge in [0.25, 0.3) is 0 Å². The lowest BCUT2D eigenvalue weighted by atomic mass is 10.1. The van der Waals surface area contributed by atoms with Gasteiger partial charge < -0.3 is 15.9 Å². The molecule has 162 valence electrons. The lowest BCUT2D eigenvalue weighted by molar-refractivity contribution is 0.184. The van der Waals surface area contributed by atoms with Crippen LogP contribution in [0.5, 0.6) is 0 Å². The molecule has 0 aliphatic heterocycles. The van der Waals surface area contributed by atoms with Crippen molar-refractivity contribution in [2.45, 2.75) is 19.0 Å². The van der Waals surface area contributed by atoms with Gasteiger partial charge in [0.2, 0.25) is 0 Å². The van der Waals surface area contributed by atoms with Gasteiger partial charge in [-0.05, 0) is 16.7 Å². The maximum absolute atomic E-state index is 9.15. The molecule has 0 unspecified atom stereocenters. The molecule has 0 amide bonds. The van der Waals surface area contributed by atoms with Gasteiger partial charge in [-0.25, -0.2) is 0 Å². The largest absolute Gasteiger partial charge is 0.395 e. The fraction of sp³-hybridized carbons (Fsp3) is 0.280. The molecule has 3 rings (SSSR count). The van der Waals surface area contributed by atoms with Crippen LogP contribution in [0.2, 0.25) is 0 Å². The summed E-state index contributed by atoms with van der Waals surface area (Å²) in [6.45, 7) is 3.11. The van der Waals surface area contributed by atoms with E-state index in [1.807, 2.05) is 42.5 Å². The van der Waals surface area contributed by atoms with Crippen LogP contribution < -0.4 is 5.73 Å². The van der Waals surface area contributed by atoms with Crippen molar-refractivity contribution in [2.24, 2.45) is 5.73 Å². The number of rotatable bonds is 8. The van der Waals surface area contributed by atoms with Crippen molar-refractivity contribution < 1.29 is 10.2 Å². The first-order valence-electron chi connectivity index (χ1n) is 10.0. The van der Waals surface area contributed by atoms with E-state index in [0.717, 1.165) is 13.1 Å². The molecule has 0 saturated carbocycles. The van der Waals surface area contributed by atoms with E-state index in [1.165, 1.54) is 16.7 Å². The predicted molar refractivity (Wildman–Crippen MR) is 126 cm³/mol. The molecular weight excluding hydrogens is 396 g/mol. The van der Waals surface area contributed by atoms with Gasteiger partial charge in [0.1, 0.15) is 0 Å². The molecule has 5 heteroatoms. The smallest absolute Gasteiger partial charge is 0.0558 e. The average Bonchev–Trinajstić information content (AvgIpc) is 2.82. The Labute approximate surface area is 185 Å². The Morgan fingerprint density at radius 2 is 1.00 bits per heavy atom. The number of nitrogens with zero attached hydrogens (tertiary/aromatic N) is 1. The van der Waals surface area contributed by atoms with Gasteiger partial charge in [-0.1, -0.05) is 91.0 Å². The minimum Gasteiger partial charge on any atom is -0.395 e. The molecule has 0 aromatic heterocycles. The first kappa shape index (κ1) is 25.8. The lowest BCUT2D eigenvalue weighted by Gasteiger charge is -2.21. The van der Waals surface area contributed by atoms with Crippen LogP contribution in [-0.2, 0) is 19.0 Å². The second kappa shape index (κ2) is 17.6. The van der Waals surface area contributed by atoms with Crippen molar-refractivity contribution in [1.82, 2.24) is 4.90 Å². The Morgan fingerprint density at radius 3 is 1.27 bits per heavy atom. The van der Waals surface area contributed by atoms with E-state index in [1.54, 1.807) is 0 Å². The fourth-order valence-corrected chi connectivity index (χ4v) is 2.78. The van der Waals surface area contributed by atoms with Crippen molar-refractivity contribution >= 4 is 11.6 Å². The summed E-state index contributed by atoms with van der Waals surface area (Å²) < 4.78 is 0. The summed E-state index contributed by atoms with van der Waals surface area (Å²) in [5, 5.41) is 16.9. The molecule has 0 aliphatic carbocycles. The van der Waals surface area contributed by atoms with Crippen LogP contribution in [0.3, 0.4) is 0 Å². The van der Waals surface area contributed by atoms with E-state index in [0.29, 0.717) is 19.0 Å². The van der Waals surface area contributed by atoms with Gasteiger partial charge in [0, 0.05) is 32.1 Å². The Kier molecular flexibility index (Phi) is 15.2. The third kappa shape index (κ3) is 12.4. The third-order valence-corrected chi connectivity index (χ3v) is 4.35. The Bertz CT molecular complexity index is 699. The molecule has 0 bridgehead atoms. The van der Waals surface area contributed by atoms with Crippen molar-refractivity contribution in [3.05, 3.63) is 108 Å². The molecule has 0 aliphatic rings. The van der Waals surface area contributed by atoms with Crippen LogP contribution in [0.1, 0.15) is 16.7 Å². The van der Waals surface area contributed by atoms with Crippen molar-refractivity contribution in [3.8, 4) is 0 Å². The van der Waals surface area contributed by atoms with Crippen LogP contribution in [0.25, 0.3) is 0 Å². The predicted octanol–water partition coefficient (Wildman–Crippen LogP) is 4.04. The summed E-state index contributed by atoms with van der Waals surface area (Å²) in [5.74, 6) is 0.612. The van der Waals surface area contributed by atoms with Gasteiger partial charge >= 0.3 is 0 Å². The second-order valence-corrected chi connectivity index (χ2v) is 6.80. The number of aliphatic hydroxyl groups is 2. The molecule has 0 radical (unpaired) electrons. The number of alkyl halides is 1. The SMILES string of the molecule is ClCc1ccccc1.NCCO.OCCN(Cc1ccccc1)Cc1ccccc1. The van der Waals surface area contributed by atoms with E-state index in [-0.39, 0.29) is 13.2 Å². The first-order valence-corrected chi connectivity index (χ1v) is 10.6. The molecule has 0 spiro atoms. The average molecular weight is 429 g/mol. The molecule has 3 aromatic rings. The molecule has 0 saturated heterocycles. The zero-order valence-corrected chi connectivity index (χ0v) is 18.2. The van der Waals surface area contributed by atoms with Crippen molar-refractivity contribution in [3.63, 3.8) is 0 Å². The highest BCUT2D eigenvalue weighted by Gasteiger charge is 2.06. The minimum atomic E-state index is 0.0972. The number of aliphatic hydroxyl groups excluding tert-OH is 2. The van der Waals surface area contributed by atoms with Crippen LogP contribution in [-0.4, -0.2) is 41.4 Å². The Balaban J connectivity index is 0.000000309. The van der Waals surface area contributed by atoms with E-state index in [4.69, 9.17) is 27.5 Å². The molecule has 4 nitrogen and oxygen atoms in total. The highest BCUT2D eigenvalue weighted by atomic mass is 35.5. The van der Waals surface area contributed by atoms with Crippen LogP contribution in [0, 0.1) is 0 Å². The number of hydrogen-bond acceptors (Lipinski definition) is 4. The monoisotopic (exact) mass is 428 g/mol. The van der Waals surface area contributed by atoms with Gasteiger partial charge in [0.05, 0.1) is 13.2 Å². The molecule has 30 heavy (non-hydrogen) atoms. The highest BCUT2D eigenvalue weighted by Crippen LogP contribution is 2.09. The quantitative estimate of drug-likeness (QED) is 0.473. The highest BCUT2D eigenvalue weighted by molar-refractivity contribution is 6.17. The van der Waals surface area contributed by atoms with Crippen LogP contribution >= 0.6 is 11.6 Å². The maximum atomic E-state index is 9.15. The van der Waals surface area contributed by atoms with E-state index in [9.17, 15) is 0 Å². The van der Waals surface area contributed by atoms with E-state index in [2.05, 4.69) is 53.4 Å². The summed E-state index contributed by atoms with van der Waals surface area (Å²) in [6, 6.07) is 30.7. The topological polar surface area (TPSA) is 69.7 Å². The summed E-state index contributed by atoms with van der Waals surface area (Å²) in [6.07, 6.45) is 0. The Hall–Kier alpha value is -2.21. The molecule has 0 fully saturated rings. The fourth-order valence-electron chi connectivity index (χ4n) is 2.61. The van der Waals surface area contributed by atoms with Crippen molar-refractivity contribution in [2.75, 3.05) is 26.3 Å². The van der Waals surface area contributed by atoms with Gasteiger partial charge in [-0.15, -0.1) is 11.6 Å². The number of hydrogen-bond donors (Lipinski definition) is 3. The van der Waals surface area contributed by atoms with Crippen molar-refractivity contribution in [1.29, 1.82) is 0 Å². The van der Waals surface area contributed by atoms with Gasteiger partial charge in [-0.2, -0.15) is 0 Å². The minimum absolute atomic E-state index is 0.0972. The molecule has 3 aromatic carbocycles. The van der Waals surface area contributed by atoms with Gasteiger partial charge in [0.15, 0.2) is 0 Å². The Morgan fingerprint density at radius 1 is 0.633 bits per heavy atom. The lowest BCUT2D eigenvalue weighted by Crippen LogP contribution is -2.26. The number of halogens is 1. The normalized spacial score (nSPS) is 9.90. The molecule has 4 N–H and O–H groups in total. The first-order chi connectivity index (χ1) is 14.7. The van der Waals surface area contributed by atoms with Crippen LogP contribution in [0.15, 0.2) is 91.0 Å². The van der Waals surface area contributed by atoms with E-state index >= 15 is 0 Å². The van der Waals surface area contributed by atoms with Gasteiger partial charge in [-0.3, -0.25) is 4.90 Å². The molecule has 0 heterocycles. The summed E-state index contributed by atoms with van der Waals surface area (Å²) >= 11 is 5.53. The zero-order chi connectivity index (χ0) is 21.9. The van der Waals surface area contributed by atoms with E-state index < -0.39 is 0 Å². The zero-order valence-electron chi connectivity index (χ0n) is 17.4. The second-order valence-electron chi connectivity index (χ2n) is 6.54. The van der Waals surface area contributed by atoms with Crippen LogP contribution in [0.4, 0.5) is 0 Å². The maximum Gasteiger partial charge on any atom is 0.0558 e. The number of benzene rings is 3. The third-order valence-electron chi connectivity index (χ3n) is 4.04.